The zero-order valence-electron chi connectivity index (χ0n) is 14.4. The van der Waals surface area contributed by atoms with Crippen LogP contribution in [0.5, 0.6) is 0 Å². The van der Waals surface area contributed by atoms with Gasteiger partial charge in [-0.2, -0.15) is 0 Å². The molecule has 0 aliphatic carbocycles. The van der Waals surface area contributed by atoms with E-state index < -0.39 is 16.1 Å². The smallest absolute Gasteiger partial charge is 0.251 e. The molecule has 0 radical (unpaired) electrons. The van der Waals surface area contributed by atoms with Crippen LogP contribution in [0.3, 0.4) is 0 Å². The number of hydrogen-bond acceptors (Lipinski definition) is 5. The third kappa shape index (κ3) is 3.63. The van der Waals surface area contributed by atoms with Gasteiger partial charge >= 0.3 is 0 Å². The predicted octanol–water partition coefficient (Wildman–Crippen LogP) is -0.896. The standard InChI is InChI=1S/C16H24N4O4S/c1-19(25(2,23)24)7-6-18-16(22)15-12-8-11(9-17-10-12)13-4-3-5-14(21)20(13)15/h3-5,11-12,15,17H,6-10H2,1-2H3,(H,18,22)/t11-,12+,15-/m1/s1. The molecule has 3 atom stereocenters. The minimum absolute atomic E-state index is 0.0546. The summed E-state index contributed by atoms with van der Waals surface area (Å²) in [7, 11) is -1.81. The molecule has 3 rings (SSSR count). The molecule has 9 heteroatoms. The Kier molecular flexibility index (Phi) is 4.99. The van der Waals surface area contributed by atoms with E-state index in [-0.39, 0.29) is 36.4 Å². The monoisotopic (exact) mass is 368 g/mol. The molecular formula is C16H24N4O4S. The van der Waals surface area contributed by atoms with Gasteiger partial charge in [-0.15, -0.1) is 0 Å². The van der Waals surface area contributed by atoms with Crippen LogP contribution in [0, 0.1) is 5.92 Å². The number of fused-ring (bicyclic) bond motifs is 4. The Bertz CT molecular complexity index is 820. The van der Waals surface area contributed by atoms with Crippen LogP contribution < -0.4 is 16.2 Å². The molecule has 0 spiro atoms. The van der Waals surface area contributed by atoms with E-state index in [1.807, 2.05) is 6.07 Å². The highest BCUT2D eigenvalue weighted by molar-refractivity contribution is 7.88. The van der Waals surface area contributed by atoms with Gasteiger partial charge in [-0.05, 0) is 12.5 Å². The molecule has 8 nitrogen and oxygen atoms in total. The second-order valence-corrected chi connectivity index (χ2v) is 8.92. The summed E-state index contributed by atoms with van der Waals surface area (Å²) < 4.78 is 25.6. The zero-order chi connectivity index (χ0) is 18.2. The molecule has 1 aromatic rings. The number of hydrogen-bond donors (Lipinski definition) is 2. The number of amides is 1. The molecule has 0 saturated carbocycles. The van der Waals surface area contributed by atoms with Crippen molar-refractivity contribution in [2.24, 2.45) is 5.92 Å². The highest BCUT2D eigenvalue weighted by atomic mass is 32.2. The van der Waals surface area contributed by atoms with Gasteiger partial charge in [-0.25, -0.2) is 12.7 Å². The van der Waals surface area contributed by atoms with Crippen molar-refractivity contribution in [3.63, 3.8) is 0 Å². The lowest BCUT2D eigenvalue weighted by Gasteiger charge is -2.42. The minimum atomic E-state index is -3.28. The number of sulfonamides is 1. The van der Waals surface area contributed by atoms with Gasteiger partial charge in [-0.1, -0.05) is 6.07 Å². The van der Waals surface area contributed by atoms with E-state index in [2.05, 4.69) is 10.6 Å². The average Bonchev–Trinajstić information content (AvgIpc) is 2.55. The summed E-state index contributed by atoms with van der Waals surface area (Å²) >= 11 is 0. The number of carbonyl (C=O) groups is 1. The molecule has 1 fully saturated rings. The molecule has 25 heavy (non-hydrogen) atoms. The largest absolute Gasteiger partial charge is 0.353 e. The van der Waals surface area contributed by atoms with Crippen LogP contribution in [-0.4, -0.2) is 62.7 Å². The lowest BCUT2D eigenvalue weighted by atomic mass is 9.79. The topological polar surface area (TPSA) is 101 Å². The summed E-state index contributed by atoms with van der Waals surface area (Å²) in [5, 5.41) is 6.14. The van der Waals surface area contributed by atoms with E-state index in [0.29, 0.717) is 6.54 Å². The Hall–Kier alpha value is -1.71. The molecule has 2 aliphatic heterocycles. The second kappa shape index (κ2) is 6.89. The van der Waals surface area contributed by atoms with Gasteiger partial charge in [0, 0.05) is 56.8 Å². The molecule has 2 aliphatic rings. The molecule has 0 unspecified atom stereocenters. The van der Waals surface area contributed by atoms with Gasteiger partial charge in [0.05, 0.1) is 6.26 Å². The zero-order valence-corrected chi connectivity index (χ0v) is 15.3. The van der Waals surface area contributed by atoms with Gasteiger partial charge in [-0.3, -0.25) is 14.2 Å². The van der Waals surface area contributed by atoms with E-state index in [1.165, 1.54) is 17.4 Å². The van der Waals surface area contributed by atoms with E-state index in [4.69, 9.17) is 0 Å². The highest BCUT2D eigenvalue weighted by Crippen LogP contribution is 2.38. The summed E-state index contributed by atoms with van der Waals surface area (Å²) in [6.45, 7) is 1.91. The quantitative estimate of drug-likeness (QED) is 0.702. The van der Waals surface area contributed by atoms with Gasteiger partial charge in [0.25, 0.3) is 5.56 Å². The predicted molar refractivity (Wildman–Crippen MR) is 93.9 cm³/mol. The van der Waals surface area contributed by atoms with Crippen molar-refractivity contribution in [2.45, 2.75) is 18.4 Å². The summed E-state index contributed by atoms with van der Waals surface area (Å²) in [6, 6.07) is 4.57. The Labute approximate surface area is 147 Å². The Morgan fingerprint density at radius 2 is 2.16 bits per heavy atom. The highest BCUT2D eigenvalue weighted by Gasteiger charge is 2.41. The molecule has 2 bridgehead atoms. The number of nitrogens with one attached hydrogen (secondary N) is 2. The Morgan fingerprint density at radius 1 is 1.40 bits per heavy atom. The summed E-state index contributed by atoms with van der Waals surface area (Å²) in [5.74, 6) is 0.0654. The maximum Gasteiger partial charge on any atom is 0.251 e. The first-order chi connectivity index (χ1) is 11.8. The van der Waals surface area contributed by atoms with E-state index in [1.54, 1.807) is 10.6 Å². The minimum Gasteiger partial charge on any atom is -0.353 e. The summed E-state index contributed by atoms with van der Waals surface area (Å²) in [4.78, 5) is 25.2. The number of nitrogens with zero attached hydrogens (tertiary/aromatic N) is 2. The van der Waals surface area contributed by atoms with Crippen molar-refractivity contribution in [3.8, 4) is 0 Å². The molecule has 2 N–H and O–H groups in total. The SMILES string of the molecule is CN(CCNC(=O)[C@H]1[C@@H]2CNC[C@@H](C2)c2cccc(=O)n21)S(C)(=O)=O. The third-order valence-corrected chi connectivity index (χ3v) is 6.42. The number of likely N-dealkylation sites (N-methyl/N-ethyl adjacent to an activating group) is 1. The third-order valence-electron chi connectivity index (χ3n) is 5.11. The fourth-order valence-corrected chi connectivity index (χ4v) is 4.16. The van der Waals surface area contributed by atoms with Gasteiger partial charge in [0.2, 0.25) is 15.9 Å². The fourth-order valence-electron chi connectivity index (χ4n) is 3.74. The normalized spacial score (nSPS) is 25.5. The first-order valence-corrected chi connectivity index (χ1v) is 10.2. The maximum absolute atomic E-state index is 12.8. The van der Waals surface area contributed by atoms with Gasteiger partial charge in [0.15, 0.2) is 0 Å². The Morgan fingerprint density at radius 3 is 2.88 bits per heavy atom. The van der Waals surface area contributed by atoms with Crippen molar-refractivity contribution in [1.29, 1.82) is 0 Å². The van der Waals surface area contributed by atoms with Gasteiger partial charge in [0.1, 0.15) is 6.04 Å². The summed E-state index contributed by atoms with van der Waals surface area (Å²) in [5.41, 5.74) is 0.729. The van der Waals surface area contributed by atoms with Gasteiger partial charge < -0.3 is 10.6 Å². The summed E-state index contributed by atoms with van der Waals surface area (Å²) in [6.07, 6.45) is 2.00. The Balaban J connectivity index is 1.78. The molecule has 3 heterocycles. The molecule has 138 valence electrons. The first kappa shape index (κ1) is 18.1. The van der Waals surface area contributed by atoms with Crippen molar-refractivity contribution >= 4 is 15.9 Å². The number of piperidine rings is 1. The van der Waals surface area contributed by atoms with Crippen molar-refractivity contribution in [3.05, 3.63) is 34.2 Å². The van der Waals surface area contributed by atoms with Crippen LogP contribution in [-0.2, 0) is 14.8 Å². The molecule has 1 amide bonds. The average molecular weight is 368 g/mol. The number of rotatable bonds is 5. The maximum atomic E-state index is 12.8. The fraction of sp³-hybridized carbons (Fsp3) is 0.625. The lowest BCUT2D eigenvalue weighted by molar-refractivity contribution is -0.127. The van der Waals surface area contributed by atoms with Crippen LogP contribution in [0.15, 0.2) is 23.0 Å². The van der Waals surface area contributed by atoms with Crippen molar-refractivity contribution in [2.75, 3.05) is 39.5 Å². The number of aromatic nitrogens is 1. The van der Waals surface area contributed by atoms with Crippen molar-refractivity contribution in [1.82, 2.24) is 19.5 Å². The van der Waals surface area contributed by atoms with E-state index >= 15 is 0 Å². The van der Waals surface area contributed by atoms with Crippen LogP contribution in [0.25, 0.3) is 0 Å². The molecular weight excluding hydrogens is 344 g/mol. The molecule has 1 saturated heterocycles. The van der Waals surface area contributed by atoms with Crippen LogP contribution in [0.4, 0.5) is 0 Å². The lowest BCUT2D eigenvalue weighted by Crippen LogP contribution is -2.52. The molecule has 1 aromatic heterocycles. The van der Waals surface area contributed by atoms with Crippen LogP contribution >= 0.6 is 0 Å². The molecule has 0 aromatic carbocycles. The number of carbonyl (C=O) groups excluding carboxylic acids is 1. The second-order valence-electron chi connectivity index (χ2n) is 6.83. The first-order valence-electron chi connectivity index (χ1n) is 8.40. The van der Waals surface area contributed by atoms with E-state index in [0.717, 1.165) is 24.9 Å². The van der Waals surface area contributed by atoms with E-state index in [9.17, 15) is 18.0 Å². The van der Waals surface area contributed by atoms with Crippen molar-refractivity contribution < 1.29 is 13.2 Å². The van der Waals surface area contributed by atoms with Crippen LogP contribution in [0.2, 0.25) is 0 Å². The number of pyridine rings is 1. The van der Waals surface area contributed by atoms with Crippen LogP contribution in [0.1, 0.15) is 24.1 Å².